The first-order valence-corrected chi connectivity index (χ1v) is 6.76. The third-order valence-electron chi connectivity index (χ3n) is 4.08. The van der Waals surface area contributed by atoms with Crippen LogP contribution in [0.25, 0.3) is 0 Å². The molecule has 0 spiro atoms. The van der Waals surface area contributed by atoms with Gasteiger partial charge in [-0.15, -0.1) is 0 Å². The molecule has 0 N–H and O–H groups in total. The molecule has 0 aromatic heterocycles. The molecule has 5 nitrogen and oxygen atoms in total. The molecule has 2 atom stereocenters. The molecule has 1 aromatic rings. The van der Waals surface area contributed by atoms with E-state index in [4.69, 9.17) is 0 Å². The van der Waals surface area contributed by atoms with Crippen molar-refractivity contribution < 1.29 is 9.31 Å². The van der Waals surface area contributed by atoms with Crippen molar-refractivity contribution in [3.63, 3.8) is 0 Å². The summed E-state index contributed by atoms with van der Waals surface area (Å²) in [5.74, 6) is -0.711. The highest BCUT2D eigenvalue weighted by Crippen LogP contribution is 2.23. The van der Waals surface area contributed by atoms with Crippen molar-refractivity contribution >= 4 is 5.69 Å². The average Bonchev–Trinajstić information content (AvgIpc) is 2.38. The van der Waals surface area contributed by atoms with Gasteiger partial charge in [0, 0.05) is 43.3 Å². The molecular formula is C14H20FN3O2. The Morgan fingerprint density at radius 3 is 2.50 bits per heavy atom. The van der Waals surface area contributed by atoms with Gasteiger partial charge in [0.15, 0.2) is 0 Å². The topological polar surface area (TPSA) is 49.6 Å². The van der Waals surface area contributed by atoms with Crippen LogP contribution in [0.4, 0.5) is 10.1 Å². The first-order chi connectivity index (χ1) is 9.40. The standard InChI is InChI=1S/C14H20FN3O2/c1-10-7-17(8-11(2)16(10)3)9-12-5-4-6-13(14(12)15)18(19)20/h4-6,10-11H,7-9H2,1-3H3. The van der Waals surface area contributed by atoms with Crippen LogP contribution in [-0.2, 0) is 6.54 Å². The molecule has 0 bridgehead atoms. The monoisotopic (exact) mass is 281 g/mol. The van der Waals surface area contributed by atoms with Crippen molar-refractivity contribution in [1.29, 1.82) is 0 Å². The third kappa shape index (κ3) is 2.96. The van der Waals surface area contributed by atoms with Gasteiger partial charge in [-0.1, -0.05) is 12.1 Å². The van der Waals surface area contributed by atoms with Crippen LogP contribution < -0.4 is 0 Å². The van der Waals surface area contributed by atoms with Gasteiger partial charge in [-0.3, -0.25) is 19.9 Å². The van der Waals surface area contributed by atoms with Crippen molar-refractivity contribution in [2.75, 3.05) is 20.1 Å². The Balaban J connectivity index is 2.15. The maximum absolute atomic E-state index is 14.1. The minimum absolute atomic E-state index is 0.389. The zero-order chi connectivity index (χ0) is 14.9. The predicted octanol–water partition coefficient (Wildman–Crippen LogP) is 2.26. The van der Waals surface area contributed by atoms with Crippen molar-refractivity contribution in [1.82, 2.24) is 9.80 Å². The Labute approximate surface area is 118 Å². The molecule has 20 heavy (non-hydrogen) atoms. The minimum Gasteiger partial charge on any atom is -0.298 e. The minimum atomic E-state index is -0.711. The molecule has 2 unspecified atom stereocenters. The lowest BCUT2D eigenvalue weighted by Gasteiger charge is -2.42. The Bertz CT molecular complexity index is 497. The highest BCUT2D eigenvalue weighted by molar-refractivity contribution is 5.36. The summed E-state index contributed by atoms with van der Waals surface area (Å²) in [5, 5.41) is 10.8. The summed E-state index contributed by atoms with van der Waals surface area (Å²) in [6.07, 6.45) is 0. The molecule has 2 rings (SSSR count). The van der Waals surface area contributed by atoms with E-state index in [2.05, 4.69) is 30.7 Å². The van der Waals surface area contributed by atoms with Gasteiger partial charge >= 0.3 is 5.69 Å². The summed E-state index contributed by atoms with van der Waals surface area (Å²) >= 11 is 0. The molecule has 0 saturated carbocycles. The summed E-state index contributed by atoms with van der Waals surface area (Å²) in [5.41, 5.74) is -0.0547. The molecule has 1 saturated heterocycles. The summed E-state index contributed by atoms with van der Waals surface area (Å²) < 4.78 is 14.1. The molecular weight excluding hydrogens is 261 g/mol. The Kier molecular flexibility index (Phi) is 4.35. The van der Waals surface area contributed by atoms with Gasteiger partial charge < -0.3 is 0 Å². The van der Waals surface area contributed by atoms with Gasteiger partial charge in [0.05, 0.1) is 4.92 Å². The van der Waals surface area contributed by atoms with Crippen molar-refractivity contribution in [2.24, 2.45) is 0 Å². The van der Waals surface area contributed by atoms with Crippen molar-refractivity contribution in [3.05, 3.63) is 39.7 Å². The average molecular weight is 281 g/mol. The second-order valence-electron chi connectivity index (χ2n) is 5.56. The molecule has 6 heteroatoms. The van der Waals surface area contributed by atoms with Gasteiger partial charge in [-0.2, -0.15) is 4.39 Å². The Morgan fingerprint density at radius 1 is 1.35 bits per heavy atom. The number of halogens is 1. The second-order valence-corrected chi connectivity index (χ2v) is 5.56. The van der Waals surface area contributed by atoms with Crippen LogP contribution in [0.5, 0.6) is 0 Å². The van der Waals surface area contributed by atoms with E-state index >= 15 is 0 Å². The normalized spacial score (nSPS) is 24.8. The smallest absolute Gasteiger partial charge is 0.298 e. The molecule has 1 aromatic carbocycles. The SMILES string of the molecule is CC1CN(Cc2cccc([N+](=O)[O-])c2F)CC(C)N1C. The summed E-state index contributed by atoms with van der Waals surface area (Å²) in [7, 11) is 2.08. The summed E-state index contributed by atoms with van der Waals surface area (Å²) in [4.78, 5) is 14.5. The fourth-order valence-corrected chi connectivity index (χ4v) is 2.71. The van der Waals surface area contributed by atoms with E-state index in [0.29, 0.717) is 24.2 Å². The van der Waals surface area contributed by atoms with Crippen molar-refractivity contribution in [3.8, 4) is 0 Å². The van der Waals surface area contributed by atoms with Gasteiger partial charge in [0.1, 0.15) is 0 Å². The van der Waals surface area contributed by atoms with Gasteiger partial charge in [0.2, 0.25) is 5.82 Å². The number of hydrogen-bond donors (Lipinski definition) is 0. The predicted molar refractivity (Wildman–Crippen MR) is 75.0 cm³/mol. The third-order valence-corrected chi connectivity index (χ3v) is 4.08. The van der Waals surface area contributed by atoms with Crippen molar-refractivity contribution in [2.45, 2.75) is 32.5 Å². The van der Waals surface area contributed by atoms with Gasteiger partial charge in [0.25, 0.3) is 0 Å². The fourth-order valence-electron chi connectivity index (χ4n) is 2.71. The number of nitro benzene ring substituents is 1. The zero-order valence-corrected chi connectivity index (χ0v) is 12.0. The van der Waals surface area contributed by atoms with E-state index in [1.165, 1.54) is 6.07 Å². The number of hydrogen-bond acceptors (Lipinski definition) is 4. The molecule has 110 valence electrons. The van der Waals surface area contributed by atoms with E-state index in [1.54, 1.807) is 12.1 Å². The molecule has 1 aliphatic rings. The highest BCUT2D eigenvalue weighted by atomic mass is 19.1. The van der Waals surface area contributed by atoms with Crippen LogP contribution in [0.15, 0.2) is 18.2 Å². The van der Waals surface area contributed by atoms with Crippen LogP contribution in [0.1, 0.15) is 19.4 Å². The number of nitrogens with zero attached hydrogens (tertiary/aromatic N) is 3. The maximum atomic E-state index is 14.1. The largest absolute Gasteiger partial charge is 0.305 e. The Morgan fingerprint density at radius 2 is 1.95 bits per heavy atom. The lowest BCUT2D eigenvalue weighted by Crippen LogP contribution is -2.54. The number of benzene rings is 1. The van der Waals surface area contributed by atoms with Gasteiger partial charge in [-0.25, -0.2) is 0 Å². The first-order valence-electron chi connectivity index (χ1n) is 6.76. The fraction of sp³-hybridized carbons (Fsp3) is 0.571. The lowest BCUT2D eigenvalue weighted by atomic mass is 10.1. The van der Waals surface area contributed by atoms with Crippen LogP contribution in [-0.4, -0.2) is 46.9 Å². The van der Waals surface area contributed by atoms with E-state index < -0.39 is 16.4 Å². The molecule has 1 aliphatic heterocycles. The molecule has 0 radical (unpaired) electrons. The van der Waals surface area contributed by atoms with Crippen LogP contribution in [0.3, 0.4) is 0 Å². The van der Waals surface area contributed by atoms with Crippen LogP contribution in [0, 0.1) is 15.9 Å². The summed E-state index contributed by atoms with van der Waals surface area (Å²) in [6.45, 7) is 6.35. The van der Waals surface area contributed by atoms with E-state index in [9.17, 15) is 14.5 Å². The number of piperazine rings is 1. The number of likely N-dealkylation sites (N-methyl/N-ethyl adjacent to an activating group) is 1. The van der Waals surface area contributed by atoms with E-state index in [1.807, 2.05) is 0 Å². The second kappa shape index (κ2) is 5.85. The lowest BCUT2D eigenvalue weighted by molar-refractivity contribution is -0.387. The highest BCUT2D eigenvalue weighted by Gasteiger charge is 2.27. The maximum Gasteiger partial charge on any atom is 0.305 e. The number of nitro groups is 1. The van der Waals surface area contributed by atoms with Crippen LogP contribution >= 0.6 is 0 Å². The van der Waals surface area contributed by atoms with E-state index in [0.717, 1.165) is 13.1 Å². The molecule has 0 amide bonds. The molecule has 0 aliphatic carbocycles. The zero-order valence-electron chi connectivity index (χ0n) is 12.0. The summed E-state index contributed by atoms with van der Waals surface area (Å²) in [6, 6.07) is 5.14. The molecule has 1 fully saturated rings. The quantitative estimate of drug-likeness (QED) is 0.630. The van der Waals surface area contributed by atoms with Gasteiger partial charge in [-0.05, 0) is 20.9 Å². The van der Waals surface area contributed by atoms with Crippen LogP contribution in [0.2, 0.25) is 0 Å². The number of rotatable bonds is 3. The first kappa shape index (κ1) is 14.9. The molecule has 1 heterocycles. The van der Waals surface area contributed by atoms with E-state index in [-0.39, 0.29) is 0 Å². The Hall–Kier alpha value is -1.53.